The van der Waals surface area contributed by atoms with Gasteiger partial charge in [0.25, 0.3) is 0 Å². The van der Waals surface area contributed by atoms with Gasteiger partial charge in [-0.3, -0.25) is 4.79 Å². The van der Waals surface area contributed by atoms with Crippen LogP contribution in [0.1, 0.15) is 31.9 Å². The number of aliphatic hydroxyl groups is 1. The van der Waals surface area contributed by atoms with Crippen LogP contribution in [0.2, 0.25) is 0 Å². The summed E-state index contributed by atoms with van der Waals surface area (Å²) >= 11 is 0. The van der Waals surface area contributed by atoms with Crippen LogP contribution in [0.25, 0.3) is 0 Å². The van der Waals surface area contributed by atoms with E-state index in [4.69, 9.17) is 4.74 Å². The van der Waals surface area contributed by atoms with Crippen molar-refractivity contribution in [1.82, 2.24) is 16.2 Å². The van der Waals surface area contributed by atoms with Gasteiger partial charge in [0.2, 0.25) is 5.91 Å². The number of amides is 1. The molecule has 1 aromatic carbocycles. The van der Waals surface area contributed by atoms with Gasteiger partial charge in [-0.2, -0.15) is 0 Å². The van der Waals surface area contributed by atoms with Gasteiger partial charge in [0.15, 0.2) is 0 Å². The highest BCUT2D eigenvalue weighted by Gasteiger charge is 2.32. The van der Waals surface area contributed by atoms with E-state index in [9.17, 15) is 9.90 Å². The monoisotopic (exact) mass is 307 g/mol. The molecule has 1 aromatic rings. The normalized spacial score (nSPS) is 22.6. The summed E-state index contributed by atoms with van der Waals surface area (Å²) in [5.74, 6) is 0.893. The largest absolute Gasteiger partial charge is 0.496 e. The summed E-state index contributed by atoms with van der Waals surface area (Å²) < 4.78 is 5.37. The molecule has 3 atom stereocenters. The Kier molecular flexibility index (Phi) is 5.76. The van der Waals surface area contributed by atoms with E-state index in [1.807, 2.05) is 38.1 Å². The van der Waals surface area contributed by atoms with Gasteiger partial charge in [-0.15, -0.1) is 0 Å². The molecule has 0 aromatic heterocycles. The lowest BCUT2D eigenvalue weighted by atomic mass is 10.00. The molecule has 1 aliphatic rings. The van der Waals surface area contributed by atoms with Gasteiger partial charge >= 0.3 is 0 Å². The minimum atomic E-state index is -0.331. The zero-order chi connectivity index (χ0) is 16.1. The minimum Gasteiger partial charge on any atom is -0.496 e. The molecule has 2 unspecified atom stereocenters. The summed E-state index contributed by atoms with van der Waals surface area (Å²) in [5.41, 5.74) is 7.19. The summed E-state index contributed by atoms with van der Waals surface area (Å²) in [6, 6.07) is 7.23. The van der Waals surface area contributed by atoms with E-state index in [1.165, 1.54) is 0 Å². The summed E-state index contributed by atoms with van der Waals surface area (Å²) in [6.07, 6.45) is 0.627. The first kappa shape index (κ1) is 16.7. The fraction of sp³-hybridized carbons (Fsp3) is 0.562. The predicted octanol–water partition coefficient (Wildman–Crippen LogP) is 0.736. The smallest absolute Gasteiger partial charge is 0.238 e. The Bertz CT molecular complexity index is 507. The lowest BCUT2D eigenvalue weighted by molar-refractivity contribution is -0.124. The van der Waals surface area contributed by atoms with Crippen LogP contribution in [-0.4, -0.2) is 36.8 Å². The van der Waals surface area contributed by atoms with E-state index in [2.05, 4.69) is 16.2 Å². The van der Waals surface area contributed by atoms with E-state index in [0.717, 1.165) is 11.3 Å². The first-order valence-electron chi connectivity index (χ1n) is 7.62. The van der Waals surface area contributed by atoms with Crippen LogP contribution < -0.4 is 20.9 Å². The van der Waals surface area contributed by atoms with Crippen molar-refractivity contribution in [2.75, 3.05) is 13.7 Å². The molecule has 22 heavy (non-hydrogen) atoms. The lowest BCUT2D eigenvalue weighted by Crippen LogP contribution is -2.49. The van der Waals surface area contributed by atoms with E-state index in [-0.39, 0.29) is 36.6 Å². The highest BCUT2D eigenvalue weighted by atomic mass is 16.5. The number of aliphatic hydroxyl groups excluding tert-OH is 1. The molecule has 1 saturated heterocycles. The molecule has 6 heteroatoms. The molecule has 1 aliphatic heterocycles. The van der Waals surface area contributed by atoms with Crippen LogP contribution in [0.15, 0.2) is 24.3 Å². The number of carbonyl (C=O) groups excluding carboxylic acids is 1. The summed E-state index contributed by atoms with van der Waals surface area (Å²) in [5, 5.41) is 12.2. The van der Waals surface area contributed by atoms with Gasteiger partial charge < -0.3 is 15.2 Å². The van der Waals surface area contributed by atoms with E-state index in [0.29, 0.717) is 6.42 Å². The van der Waals surface area contributed by atoms with E-state index < -0.39 is 0 Å². The summed E-state index contributed by atoms with van der Waals surface area (Å²) in [7, 11) is 1.64. The number of hydrogen-bond donors (Lipinski definition) is 4. The third-order valence-corrected chi connectivity index (χ3v) is 4.06. The average molecular weight is 307 g/mol. The lowest BCUT2D eigenvalue weighted by Gasteiger charge is -2.21. The zero-order valence-corrected chi connectivity index (χ0v) is 13.3. The third kappa shape index (κ3) is 3.76. The second kappa shape index (κ2) is 7.58. The molecule has 0 spiro atoms. The van der Waals surface area contributed by atoms with Crippen LogP contribution in [0.5, 0.6) is 5.75 Å². The van der Waals surface area contributed by atoms with Gasteiger partial charge in [-0.05, 0) is 18.4 Å². The molecule has 0 saturated carbocycles. The Morgan fingerprint density at radius 2 is 2.14 bits per heavy atom. The first-order valence-corrected chi connectivity index (χ1v) is 7.62. The van der Waals surface area contributed by atoms with Crippen molar-refractivity contribution in [3.05, 3.63) is 29.8 Å². The standard InChI is InChI=1S/C16H25N3O3/c1-10(2)14(9-20)17-16(21)13-8-12(18-19-13)11-6-4-5-7-15(11)22-3/h4-7,10,12-14,18-20H,8-9H2,1-3H3,(H,17,21)/t12?,13?,14-/m1/s1. The minimum absolute atomic E-state index is 0.0125. The van der Waals surface area contributed by atoms with Crippen LogP contribution in [0.4, 0.5) is 0 Å². The third-order valence-electron chi connectivity index (χ3n) is 4.06. The number of methoxy groups -OCH3 is 1. The Labute approximate surface area is 131 Å². The topological polar surface area (TPSA) is 82.6 Å². The van der Waals surface area contributed by atoms with Crippen molar-refractivity contribution in [2.45, 2.75) is 38.4 Å². The second-order valence-corrected chi connectivity index (χ2v) is 5.91. The van der Waals surface area contributed by atoms with Gasteiger partial charge in [0.05, 0.1) is 25.8 Å². The molecule has 1 fully saturated rings. The van der Waals surface area contributed by atoms with Crippen molar-refractivity contribution in [3.8, 4) is 5.75 Å². The van der Waals surface area contributed by atoms with Crippen LogP contribution in [0.3, 0.4) is 0 Å². The maximum Gasteiger partial charge on any atom is 0.238 e. The van der Waals surface area contributed by atoms with Gasteiger partial charge in [-0.25, -0.2) is 10.9 Å². The van der Waals surface area contributed by atoms with E-state index in [1.54, 1.807) is 7.11 Å². The van der Waals surface area contributed by atoms with Crippen LogP contribution in [0, 0.1) is 5.92 Å². The van der Waals surface area contributed by atoms with Crippen molar-refractivity contribution >= 4 is 5.91 Å². The fourth-order valence-corrected chi connectivity index (χ4v) is 2.59. The van der Waals surface area contributed by atoms with Crippen LogP contribution >= 0.6 is 0 Å². The second-order valence-electron chi connectivity index (χ2n) is 5.91. The number of nitrogens with one attached hydrogen (secondary N) is 3. The Hall–Kier alpha value is -1.63. The Morgan fingerprint density at radius 1 is 1.41 bits per heavy atom. The molecule has 0 aliphatic carbocycles. The number of para-hydroxylation sites is 1. The number of ether oxygens (including phenoxy) is 1. The number of hydrazine groups is 1. The SMILES string of the molecule is COc1ccccc1C1CC(C(=O)N[C@H](CO)C(C)C)NN1. The molecule has 6 nitrogen and oxygen atoms in total. The molecule has 4 N–H and O–H groups in total. The highest BCUT2D eigenvalue weighted by molar-refractivity contribution is 5.82. The summed E-state index contributed by atoms with van der Waals surface area (Å²) in [4.78, 5) is 12.3. The molecule has 0 radical (unpaired) electrons. The first-order chi connectivity index (χ1) is 10.6. The summed E-state index contributed by atoms with van der Waals surface area (Å²) in [6.45, 7) is 3.89. The highest BCUT2D eigenvalue weighted by Crippen LogP contribution is 2.29. The quantitative estimate of drug-likeness (QED) is 0.623. The Balaban J connectivity index is 1.99. The molecular weight excluding hydrogens is 282 g/mol. The average Bonchev–Trinajstić information content (AvgIpc) is 3.01. The maximum absolute atomic E-state index is 12.3. The van der Waals surface area contributed by atoms with Gasteiger partial charge in [0, 0.05) is 5.56 Å². The fourth-order valence-electron chi connectivity index (χ4n) is 2.59. The van der Waals surface area contributed by atoms with Gasteiger partial charge in [-0.1, -0.05) is 32.0 Å². The molecule has 1 heterocycles. The zero-order valence-electron chi connectivity index (χ0n) is 13.3. The molecule has 0 bridgehead atoms. The Morgan fingerprint density at radius 3 is 2.77 bits per heavy atom. The molecular formula is C16H25N3O3. The van der Waals surface area contributed by atoms with E-state index >= 15 is 0 Å². The van der Waals surface area contributed by atoms with Crippen molar-refractivity contribution in [1.29, 1.82) is 0 Å². The van der Waals surface area contributed by atoms with Crippen molar-refractivity contribution in [3.63, 3.8) is 0 Å². The van der Waals surface area contributed by atoms with Crippen LogP contribution in [-0.2, 0) is 4.79 Å². The number of hydrogen-bond acceptors (Lipinski definition) is 5. The molecule has 122 valence electrons. The van der Waals surface area contributed by atoms with Gasteiger partial charge in [0.1, 0.15) is 11.8 Å². The van der Waals surface area contributed by atoms with Crippen molar-refractivity contribution in [2.24, 2.45) is 5.92 Å². The molecule has 1 amide bonds. The molecule has 2 rings (SSSR count). The predicted molar refractivity (Wildman–Crippen MR) is 84.3 cm³/mol. The maximum atomic E-state index is 12.3. The number of carbonyl (C=O) groups is 1. The number of benzene rings is 1. The van der Waals surface area contributed by atoms with Crippen molar-refractivity contribution < 1.29 is 14.6 Å². The number of rotatable bonds is 6.